The van der Waals surface area contributed by atoms with Crippen LogP contribution in [0, 0.1) is 11.8 Å². The van der Waals surface area contributed by atoms with Gasteiger partial charge in [-0.1, -0.05) is 18.1 Å². The molecule has 82 valence electrons. The van der Waals surface area contributed by atoms with Crippen LogP contribution in [0.4, 0.5) is 0 Å². The van der Waals surface area contributed by atoms with Gasteiger partial charge in [0.2, 0.25) is 0 Å². The van der Waals surface area contributed by atoms with Crippen LogP contribution >= 0.6 is 0 Å². The zero-order valence-corrected chi connectivity index (χ0v) is 8.82. The molecule has 1 rings (SSSR count). The van der Waals surface area contributed by atoms with Crippen LogP contribution in [-0.4, -0.2) is 25.4 Å². The number of ether oxygens (including phenoxy) is 1. The number of carbonyl (C=O) groups is 2. The Morgan fingerprint density at radius 3 is 2.44 bits per heavy atom. The predicted octanol–water partition coefficient (Wildman–Crippen LogP) is 0.352. The van der Waals surface area contributed by atoms with Gasteiger partial charge >= 0.3 is 5.97 Å². The van der Waals surface area contributed by atoms with Crippen molar-refractivity contribution in [1.82, 2.24) is 0 Å². The number of nitrogens with two attached hydrogens (primary N) is 1. The van der Waals surface area contributed by atoms with Gasteiger partial charge in [-0.25, -0.2) is 4.79 Å². The molecule has 0 aliphatic heterocycles. The molecule has 4 nitrogen and oxygen atoms in total. The number of rotatable bonds is 2. The molecule has 0 radical (unpaired) electrons. The summed E-state index contributed by atoms with van der Waals surface area (Å²) < 4.78 is 4.37. The first-order chi connectivity index (χ1) is 7.67. The number of methoxy groups -OCH3 is 1. The third kappa shape index (κ3) is 3.23. The van der Waals surface area contributed by atoms with E-state index in [0.29, 0.717) is 11.1 Å². The number of carbonyl (C=O) groups excluding carboxylic acids is 2. The van der Waals surface area contributed by atoms with Crippen molar-refractivity contribution in [3.05, 3.63) is 35.4 Å². The summed E-state index contributed by atoms with van der Waals surface area (Å²) in [4.78, 5) is 21.9. The van der Waals surface area contributed by atoms with E-state index in [2.05, 4.69) is 16.6 Å². The van der Waals surface area contributed by atoms with E-state index in [9.17, 15) is 9.59 Å². The summed E-state index contributed by atoms with van der Waals surface area (Å²) in [5.74, 6) is 4.18. The van der Waals surface area contributed by atoms with E-state index in [1.807, 2.05) is 0 Å². The Morgan fingerprint density at radius 1 is 1.31 bits per heavy atom. The molecule has 0 atom stereocenters. The smallest absolute Gasteiger partial charge is 0.384 e. The van der Waals surface area contributed by atoms with Crippen molar-refractivity contribution in [2.24, 2.45) is 5.73 Å². The second-order valence-corrected chi connectivity index (χ2v) is 2.95. The topological polar surface area (TPSA) is 69.4 Å². The first-order valence-corrected chi connectivity index (χ1v) is 4.60. The Labute approximate surface area is 93.4 Å². The fraction of sp³-hybridized carbons (Fsp3) is 0.167. The minimum absolute atomic E-state index is 0.0206. The standard InChI is InChI=1S/C12H11NO3/c1-16-12(15)7-4-9-2-5-10(6-3-9)11(14)8-13/h2-3,5-6H,8,13H2,1H3. The van der Waals surface area contributed by atoms with Crippen LogP contribution in [0.15, 0.2) is 24.3 Å². The molecule has 0 aliphatic carbocycles. The molecule has 4 heteroatoms. The Morgan fingerprint density at radius 2 is 1.94 bits per heavy atom. The largest absolute Gasteiger partial charge is 0.459 e. The third-order valence-corrected chi connectivity index (χ3v) is 1.89. The molecular formula is C12H11NO3. The Hall–Kier alpha value is -2.12. The Kier molecular flexibility index (Phi) is 4.25. The number of esters is 1. The first-order valence-electron chi connectivity index (χ1n) is 4.60. The molecular weight excluding hydrogens is 206 g/mol. The Balaban J connectivity index is 2.82. The molecule has 0 fully saturated rings. The molecule has 0 bridgehead atoms. The lowest BCUT2D eigenvalue weighted by Gasteiger charge is -1.96. The summed E-state index contributed by atoms with van der Waals surface area (Å²) in [5.41, 5.74) is 6.39. The highest BCUT2D eigenvalue weighted by molar-refractivity contribution is 5.97. The van der Waals surface area contributed by atoms with E-state index in [1.165, 1.54) is 7.11 Å². The van der Waals surface area contributed by atoms with Gasteiger partial charge in [-0.3, -0.25) is 4.79 Å². The fourth-order valence-corrected chi connectivity index (χ4v) is 1.03. The molecule has 0 unspecified atom stereocenters. The van der Waals surface area contributed by atoms with Crippen LogP contribution in [-0.2, 0) is 9.53 Å². The van der Waals surface area contributed by atoms with Crippen molar-refractivity contribution in [3.8, 4) is 11.8 Å². The van der Waals surface area contributed by atoms with Crippen LogP contribution in [0.2, 0.25) is 0 Å². The molecule has 0 spiro atoms. The number of Topliss-reactive ketones (excluding diaryl/α,β-unsaturated/α-hetero) is 1. The number of ketones is 1. The maximum Gasteiger partial charge on any atom is 0.384 e. The van der Waals surface area contributed by atoms with Gasteiger partial charge in [0.15, 0.2) is 5.78 Å². The summed E-state index contributed by atoms with van der Waals surface area (Å²) in [7, 11) is 1.26. The summed E-state index contributed by atoms with van der Waals surface area (Å²) >= 11 is 0. The molecule has 0 aromatic heterocycles. The molecule has 1 aromatic rings. The van der Waals surface area contributed by atoms with Crippen molar-refractivity contribution >= 4 is 11.8 Å². The van der Waals surface area contributed by atoms with Crippen molar-refractivity contribution < 1.29 is 14.3 Å². The van der Waals surface area contributed by atoms with Crippen LogP contribution < -0.4 is 5.73 Å². The highest BCUT2D eigenvalue weighted by Crippen LogP contribution is 2.03. The SMILES string of the molecule is COC(=O)C#Cc1ccc(C(=O)CN)cc1. The summed E-state index contributed by atoms with van der Waals surface area (Å²) in [6.45, 7) is -0.0206. The van der Waals surface area contributed by atoms with Crippen LogP contribution in [0.25, 0.3) is 0 Å². The van der Waals surface area contributed by atoms with Gasteiger partial charge < -0.3 is 10.5 Å². The lowest BCUT2D eigenvalue weighted by Crippen LogP contribution is -2.13. The molecule has 16 heavy (non-hydrogen) atoms. The van der Waals surface area contributed by atoms with Crippen molar-refractivity contribution in [1.29, 1.82) is 0 Å². The highest BCUT2D eigenvalue weighted by Gasteiger charge is 2.01. The van der Waals surface area contributed by atoms with Crippen LogP contribution in [0.1, 0.15) is 15.9 Å². The maximum atomic E-state index is 11.2. The molecule has 0 saturated heterocycles. The second-order valence-electron chi connectivity index (χ2n) is 2.95. The van der Waals surface area contributed by atoms with Gasteiger partial charge in [-0.05, 0) is 12.1 Å². The normalized spacial score (nSPS) is 8.88. The van der Waals surface area contributed by atoms with E-state index in [0.717, 1.165) is 0 Å². The van der Waals surface area contributed by atoms with Gasteiger partial charge in [0.25, 0.3) is 0 Å². The minimum Gasteiger partial charge on any atom is -0.459 e. The van der Waals surface area contributed by atoms with E-state index >= 15 is 0 Å². The third-order valence-electron chi connectivity index (χ3n) is 1.89. The van der Waals surface area contributed by atoms with Crippen molar-refractivity contribution in [3.63, 3.8) is 0 Å². The number of hydrogen-bond donors (Lipinski definition) is 1. The van der Waals surface area contributed by atoms with E-state index < -0.39 is 5.97 Å². The van der Waals surface area contributed by atoms with Gasteiger partial charge in [0, 0.05) is 17.0 Å². The van der Waals surface area contributed by atoms with Gasteiger partial charge in [-0.15, -0.1) is 0 Å². The number of hydrogen-bond acceptors (Lipinski definition) is 4. The second kappa shape index (κ2) is 5.69. The maximum absolute atomic E-state index is 11.2. The fourth-order valence-electron chi connectivity index (χ4n) is 1.03. The van der Waals surface area contributed by atoms with Crippen LogP contribution in [0.5, 0.6) is 0 Å². The van der Waals surface area contributed by atoms with Gasteiger partial charge in [0.1, 0.15) is 0 Å². The average Bonchev–Trinajstić information content (AvgIpc) is 2.35. The van der Waals surface area contributed by atoms with E-state index in [4.69, 9.17) is 5.73 Å². The van der Waals surface area contributed by atoms with E-state index in [1.54, 1.807) is 24.3 Å². The molecule has 0 heterocycles. The monoisotopic (exact) mass is 217 g/mol. The lowest BCUT2D eigenvalue weighted by molar-refractivity contribution is -0.133. The Bertz CT molecular complexity index is 451. The number of benzene rings is 1. The summed E-state index contributed by atoms with van der Waals surface area (Å²) in [6, 6.07) is 6.55. The predicted molar refractivity (Wildman–Crippen MR) is 58.7 cm³/mol. The molecule has 0 amide bonds. The molecule has 2 N–H and O–H groups in total. The van der Waals surface area contributed by atoms with Crippen LogP contribution in [0.3, 0.4) is 0 Å². The molecule has 0 aliphatic rings. The molecule has 1 aromatic carbocycles. The van der Waals surface area contributed by atoms with Gasteiger partial charge in [0.05, 0.1) is 13.7 Å². The summed E-state index contributed by atoms with van der Waals surface area (Å²) in [5, 5.41) is 0. The lowest BCUT2D eigenvalue weighted by atomic mass is 10.1. The first kappa shape index (κ1) is 12.0. The molecule has 0 saturated carbocycles. The average molecular weight is 217 g/mol. The summed E-state index contributed by atoms with van der Waals surface area (Å²) in [6.07, 6.45) is 0. The van der Waals surface area contributed by atoms with Crippen molar-refractivity contribution in [2.75, 3.05) is 13.7 Å². The zero-order valence-electron chi connectivity index (χ0n) is 8.82. The van der Waals surface area contributed by atoms with E-state index in [-0.39, 0.29) is 12.3 Å². The zero-order chi connectivity index (χ0) is 12.0. The minimum atomic E-state index is -0.595. The van der Waals surface area contributed by atoms with Gasteiger partial charge in [-0.2, -0.15) is 0 Å². The van der Waals surface area contributed by atoms with Crippen molar-refractivity contribution in [2.45, 2.75) is 0 Å². The highest BCUT2D eigenvalue weighted by atomic mass is 16.5. The quantitative estimate of drug-likeness (QED) is 0.441.